The number of fused-ring (bicyclic) bond motifs is 1. The topological polar surface area (TPSA) is 102 Å². The number of thiazole rings is 1. The largest absolute Gasteiger partial charge is 0.492 e. The molecule has 0 unspecified atom stereocenters. The Morgan fingerprint density at radius 3 is 2.37 bits per heavy atom. The number of sulfonamides is 1. The molecular formula is C16H15BrN2O5S3. The zero-order valence-electron chi connectivity index (χ0n) is 14.3. The van der Waals surface area contributed by atoms with Gasteiger partial charge in [-0.05, 0) is 43.3 Å². The summed E-state index contributed by atoms with van der Waals surface area (Å²) in [6.45, 7) is 1.97. The molecule has 0 aliphatic heterocycles. The van der Waals surface area contributed by atoms with Crippen LogP contribution in [0.4, 0.5) is 5.69 Å². The van der Waals surface area contributed by atoms with E-state index in [1.54, 1.807) is 37.3 Å². The van der Waals surface area contributed by atoms with Crippen molar-refractivity contribution in [2.45, 2.75) is 16.2 Å². The summed E-state index contributed by atoms with van der Waals surface area (Å²) >= 11 is 4.21. The van der Waals surface area contributed by atoms with Gasteiger partial charge >= 0.3 is 0 Å². The smallest absolute Gasteiger partial charge is 0.267 e. The zero-order chi connectivity index (χ0) is 19.8. The number of ether oxygens (including phenoxy) is 1. The monoisotopic (exact) mass is 490 g/mol. The maximum absolute atomic E-state index is 13.1. The van der Waals surface area contributed by atoms with Crippen molar-refractivity contribution in [3.63, 3.8) is 0 Å². The Morgan fingerprint density at radius 1 is 1.11 bits per heavy atom. The molecule has 0 saturated heterocycles. The SMILES string of the molecule is CCOc1ccc2sc(S(C)(=O)=O)nc2c1S(=O)(=O)Nc1ccc(Br)cc1. The second kappa shape index (κ2) is 7.38. The van der Waals surface area contributed by atoms with Crippen molar-refractivity contribution in [1.82, 2.24) is 4.98 Å². The van der Waals surface area contributed by atoms with Gasteiger partial charge in [-0.2, -0.15) is 0 Å². The summed E-state index contributed by atoms with van der Waals surface area (Å²) in [5.41, 5.74) is 0.423. The molecule has 2 aromatic carbocycles. The van der Waals surface area contributed by atoms with Crippen LogP contribution in [-0.2, 0) is 19.9 Å². The third-order valence-electron chi connectivity index (χ3n) is 3.44. The number of anilines is 1. The first-order chi connectivity index (χ1) is 12.6. The van der Waals surface area contributed by atoms with Gasteiger partial charge in [0.2, 0.25) is 14.2 Å². The van der Waals surface area contributed by atoms with Crippen molar-refractivity contribution in [3.05, 3.63) is 40.9 Å². The molecule has 1 heterocycles. The van der Waals surface area contributed by atoms with Gasteiger partial charge in [0.15, 0.2) is 4.90 Å². The fourth-order valence-corrected chi connectivity index (χ4v) is 5.86. The Morgan fingerprint density at radius 2 is 1.78 bits per heavy atom. The molecule has 144 valence electrons. The van der Waals surface area contributed by atoms with E-state index in [2.05, 4.69) is 25.6 Å². The Bertz CT molecular complexity index is 1200. The first-order valence-electron chi connectivity index (χ1n) is 7.66. The second-order valence-corrected chi connectivity index (χ2v) is 11.3. The molecule has 0 saturated carbocycles. The highest BCUT2D eigenvalue weighted by atomic mass is 79.9. The predicted molar refractivity (Wildman–Crippen MR) is 109 cm³/mol. The molecule has 0 fully saturated rings. The summed E-state index contributed by atoms with van der Waals surface area (Å²) < 4.78 is 58.9. The van der Waals surface area contributed by atoms with Gasteiger partial charge in [-0.25, -0.2) is 21.8 Å². The molecule has 3 aromatic rings. The van der Waals surface area contributed by atoms with Crippen LogP contribution in [0.2, 0.25) is 0 Å². The van der Waals surface area contributed by atoms with Crippen LogP contribution in [0.15, 0.2) is 50.1 Å². The summed E-state index contributed by atoms with van der Waals surface area (Å²) in [5.74, 6) is 0.111. The van der Waals surface area contributed by atoms with Crippen molar-refractivity contribution in [3.8, 4) is 5.75 Å². The summed E-state index contributed by atoms with van der Waals surface area (Å²) in [7, 11) is -7.65. The summed E-state index contributed by atoms with van der Waals surface area (Å²) in [4.78, 5) is 3.89. The minimum Gasteiger partial charge on any atom is -0.492 e. The van der Waals surface area contributed by atoms with Crippen LogP contribution in [0.5, 0.6) is 5.75 Å². The maximum atomic E-state index is 13.1. The minimum absolute atomic E-state index is 0.0657. The number of aromatic nitrogens is 1. The molecular weight excluding hydrogens is 476 g/mol. The van der Waals surface area contributed by atoms with Crippen molar-refractivity contribution < 1.29 is 21.6 Å². The van der Waals surface area contributed by atoms with E-state index in [1.807, 2.05) is 0 Å². The molecule has 0 spiro atoms. The lowest BCUT2D eigenvalue weighted by Crippen LogP contribution is -2.15. The van der Waals surface area contributed by atoms with Crippen molar-refractivity contribution in [1.29, 1.82) is 0 Å². The molecule has 1 N–H and O–H groups in total. The maximum Gasteiger partial charge on any atom is 0.267 e. The van der Waals surface area contributed by atoms with E-state index in [4.69, 9.17) is 4.74 Å². The third-order valence-corrected chi connectivity index (χ3v) is 8.11. The fraction of sp³-hybridized carbons (Fsp3) is 0.188. The molecule has 0 atom stereocenters. The number of rotatable bonds is 6. The van der Waals surface area contributed by atoms with Gasteiger partial charge in [0.1, 0.15) is 11.3 Å². The van der Waals surface area contributed by atoms with Gasteiger partial charge in [-0.3, -0.25) is 4.72 Å². The Balaban J connectivity index is 2.21. The molecule has 27 heavy (non-hydrogen) atoms. The van der Waals surface area contributed by atoms with Crippen molar-refractivity contribution >= 4 is 63.0 Å². The van der Waals surface area contributed by atoms with Gasteiger partial charge in [-0.15, -0.1) is 11.3 Å². The highest BCUT2D eigenvalue weighted by Gasteiger charge is 2.27. The van der Waals surface area contributed by atoms with Crippen LogP contribution < -0.4 is 9.46 Å². The molecule has 3 rings (SSSR count). The lowest BCUT2D eigenvalue weighted by Gasteiger charge is -2.13. The number of sulfone groups is 1. The van der Waals surface area contributed by atoms with E-state index in [9.17, 15) is 16.8 Å². The van der Waals surface area contributed by atoms with Crippen LogP contribution in [0.1, 0.15) is 6.92 Å². The average molecular weight is 491 g/mol. The van der Waals surface area contributed by atoms with Crippen molar-refractivity contribution in [2.24, 2.45) is 0 Å². The average Bonchev–Trinajstić information content (AvgIpc) is 3.01. The van der Waals surface area contributed by atoms with E-state index in [-0.39, 0.29) is 27.1 Å². The number of halogens is 1. The first kappa shape index (κ1) is 20.1. The number of nitrogens with one attached hydrogen (secondary N) is 1. The lowest BCUT2D eigenvalue weighted by molar-refractivity contribution is 0.332. The number of nitrogens with zero attached hydrogens (tertiary/aromatic N) is 1. The molecule has 7 nitrogen and oxygen atoms in total. The Kier molecular flexibility index (Phi) is 5.48. The van der Waals surface area contributed by atoms with E-state index >= 15 is 0 Å². The standard InChI is InChI=1S/C16H15BrN2O5S3/c1-3-24-12-8-9-13-14(18-16(25-13)26(2,20)21)15(12)27(22,23)19-11-6-4-10(17)5-7-11/h4-9,19H,3H2,1-2H3. The third kappa shape index (κ3) is 4.26. The van der Waals surface area contributed by atoms with Gasteiger partial charge in [0.05, 0.1) is 11.3 Å². The highest BCUT2D eigenvalue weighted by molar-refractivity contribution is 9.10. The fourth-order valence-electron chi connectivity index (χ4n) is 2.34. The van der Waals surface area contributed by atoms with E-state index in [0.29, 0.717) is 10.4 Å². The molecule has 11 heteroatoms. The van der Waals surface area contributed by atoms with Crippen LogP contribution in [0.3, 0.4) is 0 Å². The normalized spacial score (nSPS) is 12.3. The number of hydrogen-bond acceptors (Lipinski definition) is 7. The quantitative estimate of drug-likeness (QED) is 0.565. The molecule has 1 aromatic heterocycles. The van der Waals surface area contributed by atoms with Crippen LogP contribution in [0, 0.1) is 0 Å². The van der Waals surface area contributed by atoms with Gasteiger partial charge in [0, 0.05) is 16.4 Å². The van der Waals surface area contributed by atoms with E-state index in [1.165, 1.54) is 6.07 Å². The van der Waals surface area contributed by atoms with Crippen LogP contribution in [0.25, 0.3) is 10.2 Å². The Labute approximate surface area is 169 Å². The van der Waals surface area contributed by atoms with Gasteiger partial charge in [-0.1, -0.05) is 15.9 Å². The van der Waals surface area contributed by atoms with Crippen LogP contribution in [-0.4, -0.2) is 34.7 Å². The van der Waals surface area contributed by atoms with Gasteiger partial charge < -0.3 is 4.74 Å². The molecule has 0 bridgehead atoms. The predicted octanol–water partition coefficient (Wildman–Crippen LogP) is 3.66. The summed E-state index contributed by atoms with van der Waals surface area (Å²) in [6, 6.07) is 9.72. The Hall–Kier alpha value is -1.69. The number of hydrogen-bond donors (Lipinski definition) is 1. The lowest BCUT2D eigenvalue weighted by atomic mass is 10.3. The summed E-state index contributed by atoms with van der Waals surface area (Å²) in [6.07, 6.45) is 1.03. The summed E-state index contributed by atoms with van der Waals surface area (Å²) in [5, 5.41) is 0. The minimum atomic E-state index is -4.08. The number of benzene rings is 2. The van der Waals surface area contributed by atoms with Crippen LogP contribution >= 0.6 is 27.3 Å². The van der Waals surface area contributed by atoms with Crippen molar-refractivity contribution in [2.75, 3.05) is 17.6 Å². The van der Waals surface area contributed by atoms with E-state index < -0.39 is 19.9 Å². The molecule has 0 amide bonds. The molecule has 0 aliphatic rings. The zero-order valence-corrected chi connectivity index (χ0v) is 18.3. The molecule has 0 aliphatic carbocycles. The molecule has 0 radical (unpaired) electrons. The van der Waals surface area contributed by atoms with Gasteiger partial charge in [0.25, 0.3) is 10.0 Å². The second-order valence-electron chi connectivity index (χ2n) is 5.54. The first-order valence-corrected chi connectivity index (χ1v) is 12.6. The highest BCUT2D eigenvalue weighted by Crippen LogP contribution is 2.37. The van der Waals surface area contributed by atoms with E-state index in [0.717, 1.165) is 22.1 Å².